The van der Waals surface area contributed by atoms with Gasteiger partial charge < -0.3 is 11.1 Å². The fraction of sp³-hybridized carbons (Fsp3) is 0.533. The number of amides is 1. The quantitative estimate of drug-likeness (QED) is 0.820. The Labute approximate surface area is 115 Å². The molecule has 0 bridgehead atoms. The lowest BCUT2D eigenvalue weighted by Crippen LogP contribution is -2.38. The molecule has 19 heavy (non-hydrogen) atoms. The van der Waals surface area contributed by atoms with E-state index in [9.17, 15) is 4.79 Å². The van der Waals surface area contributed by atoms with Gasteiger partial charge in [-0.15, -0.1) is 0 Å². The van der Waals surface area contributed by atoms with Gasteiger partial charge >= 0.3 is 0 Å². The molecule has 1 aliphatic rings. The van der Waals surface area contributed by atoms with Gasteiger partial charge in [0.15, 0.2) is 0 Å². The summed E-state index contributed by atoms with van der Waals surface area (Å²) in [6, 6.07) is 5.66. The Morgan fingerprint density at radius 1 is 1.42 bits per heavy atom. The van der Waals surface area contributed by atoms with Crippen LogP contribution in [0.5, 0.6) is 0 Å². The third-order valence-electron chi connectivity index (χ3n) is 3.81. The maximum Gasteiger partial charge on any atom is 0.238 e. The Balaban J connectivity index is 1.91. The van der Waals surface area contributed by atoms with E-state index in [1.54, 1.807) is 0 Å². The normalized spacial score (nSPS) is 17.4. The lowest BCUT2D eigenvalue weighted by Gasteiger charge is -2.29. The highest BCUT2D eigenvalue weighted by molar-refractivity contribution is 5.96. The first-order valence-electron chi connectivity index (χ1n) is 6.93. The number of nitrogen functional groups attached to an aromatic ring is 1. The van der Waals surface area contributed by atoms with Gasteiger partial charge in [-0.2, -0.15) is 0 Å². The van der Waals surface area contributed by atoms with Gasteiger partial charge in [0.25, 0.3) is 0 Å². The fourth-order valence-corrected chi connectivity index (χ4v) is 2.46. The van der Waals surface area contributed by atoms with E-state index in [2.05, 4.69) is 17.1 Å². The molecule has 4 heteroatoms. The molecule has 0 aliphatic carbocycles. The lowest BCUT2D eigenvalue weighted by atomic mass is 9.99. The Morgan fingerprint density at radius 3 is 2.74 bits per heavy atom. The van der Waals surface area contributed by atoms with Crippen molar-refractivity contribution in [1.82, 2.24) is 4.90 Å². The number of piperidine rings is 1. The van der Waals surface area contributed by atoms with Gasteiger partial charge in [0.1, 0.15) is 0 Å². The number of likely N-dealkylation sites (tertiary alicyclic amines) is 1. The first kappa shape index (κ1) is 13.9. The minimum absolute atomic E-state index is 0.0237. The van der Waals surface area contributed by atoms with Crippen molar-refractivity contribution in [2.45, 2.75) is 26.7 Å². The SMILES string of the molecule is Cc1cccc(N)c1NC(=O)CN1CCC(C)CC1. The number of nitrogens with one attached hydrogen (secondary N) is 1. The maximum atomic E-state index is 12.1. The van der Waals surface area contributed by atoms with Crippen molar-refractivity contribution >= 4 is 17.3 Å². The van der Waals surface area contributed by atoms with Crippen LogP contribution in [-0.2, 0) is 4.79 Å². The van der Waals surface area contributed by atoms with E-state index in [-0.39, 0.29) is 5.91 Å². The third kappa shape index (κ3) is 3.70. The molecule has 1 aliphatic heterocycles. The molecule has 4 nitrogen and oxygen atoms in total. The summed E-state index contributed by atoms with van der Waals surface area (Å²) in [5.74, 6) is 0.807. The Kier molecular flexibility index (Phi) is 4.43. The maximum absolute atomic E-state index is 12.1. The Bertz CT molecular complexity index is 430. The molecule has 1 aromatic carbocycles. The van der Waals surface area contributed by atoms with Gasteiger partial charge in [-0.05, 0) is 50.4 Å². The minimum atomic E-state index is 0.0237. The van der Waals surface area contributed by atoms with E-state index in [0.29, 0.717) is 12.2 Å². The Hall–Kier alpha value is -1.55. The lowest BCUT2D eigenvalue weighted by molar-refractivity contribution is -0.117. The highest BCUT2D eigenvalue weighted by Crippen LogP contribution is 2.22. The number of rotatable bonds is 3. The van der Waals surface area contributed by atoms with Crippen LogP contribution in [0.1, 0.15) is 25.3 Å². The molecule has 0 spiro atoms. The number of para-hydroxylation sites is 1. The molecule has 3 N–H and O–H groups in total. The average molecular weight is 261 g/mol. The number of benzene rings is 1. The number of anilines is 2. The average Bonchev–Trinajstić information content (AvgIpc) is 2.37. The van der Waals surface area contributed by atoms with E-state index < -0.39 is 0 Å². The summed E-state index contributed by atoms with van der Waals surface area (Å²) < 4.78 is 0. The fourth-order valence-electron chi connectivity index (χ4n) is 2.46. The van der Waals surface area contributed by atoms with Gasteiger partial charge in [0.05, 0.1) is 17.9 Å². The molecule has 0 aromatic heterocycles. The zero-order valence-electron chi connectivity index (χ0n) is 11.8. The van der Waals surface area contributed by atoms with Crippen LogP contribution in [0.15, 0.2) is 18.2 Å². The standard InChI is InChI=1S/C15H23N3O/c1-11-6-8-18(9-7-11)10-14(19)17-15-12(2)4-3-5-13(15)16/h3-5,11H,6-10,16H2,1-2H3,(H,17,19). The molecular weight excluding hydrogens is 238 g/mol. The predicted molar refractivity (Wildman–Crippen MR) is 79.1 cm³/mol. The summed E-state index contributed by atoms with van der Waals surface area (Å²) in [6.45, 7) is 6.70. The van der Waals surface area contributed by atoms with Crippen LogP contribution in [-0.4, -0.2) is 30.4 Å². The zero-order chi connectivity index (χ0) is 13.8. The summed E-state index contributed by atoms with van der Waals surface area (Å²) in [4.78, 5) is 14.3. The van der Waals surface area contributed by atoms with Gasteiger partial charge in [-0.3, -0.25) is 9.69 Å². The van der Waals surface area contributed by atoms with Crippen LogP contribution in [0.2, 0.25) is 0 Å². The largest absolute Gasteiger partial charge is 0.397 e. The van der Waals surface area contributed by atoms with Crippen molar-refractivity contribution < 1.29 is 4.79 Å². The first-order chi connectivity index (χ1) is 9.06. The van der Waals surface area contributed by atoms with Crippen LogP contribution < -0.4 is 11.1 Å². The Morgan fingerprint density at radius 2 is 2.11 bits per heavy atom. The summed E-state index contributed by atoms with van der Waals surface area (Å²) in [6.07, 6.45) is 2.36. The molecular formula is C15H23N3O. The van der Waals surface area contributed by atoms with Crippen molar-refractivity contribution in [3.05, 3.63) is 23.8 Å². The van der Waals surface area contributed by atoms with Crippen LogP contribution in [0, 0.1) is 12.8 Å². The molecule has 1 fully saturated rings. The third-order valence-corrected chi connectivity index (χ3v) is 3.81. The van der Waals surface area contributed by atoms with Crippen LogP contribution >= 0.6 is 0 Å². The number of aryl methyl sites for hydroxylation is 1. The second-order valence-corrected chi connectivity index (χ2v) is 5.55. The van der Waals surface area contributed by atoms with E-state index in [0.717, 1.165) is 30.3 Å². The van der Waals surface area contributed by atoms with Crippen molar-refractivity contribution in [2.75, 3.05) is 30.7 Å². The summed E-state index contributed by atoms with van der Waals surface area (Å²) in [7, 11) is 0. The predicted octanol–water partition coefficient (Wildman–Crippen LogP) is 2.25. The van der Waals surface area contributed by atoms with Crippen molar-refractivity contribution in [3.8, 4) is 0 Å². The topological polar surface area (TPSA) is 58.4 Å². The van der Waals surface area contributed by atoms with Gasteiger partial charge in [0, 0.05) is 0 Å². The smallest absolute Gasteiger partial charge is 0.238 e. The summed E-state index contributed by atoms with van der Waals surface area (Å²) in [5.41, 5.74) is 8.27. The van der Waals surface area contributed by atoms with Gasteiger partial charge in [-0.25, -0.2) is 0 Å². The highest BCUT2D eigenvalue weighted by Gasteiger charge is 2.18. The molecule has 0 radical (unpaired) electrons. The number of nitrogens with two attached hydrogens (primary N) is 1. The van der Waals surface area contributed by atoms with E-state index in [4.69, 9.17) is 5.73 Å². The van der Waals surface area contributed by atoms with Gasteiger partial charge in [0.2, 0.25) is 5.91 Å². The van der Waals surface area contributed by atoms with Crippen LogP contribution in [0.25, 0.3) is 0 Å². The molecule has 0 unspecified atom stereocenters. The number of hydrogen-bond donors (Lipinski definition) is 2. The second kappa shape index (κ2) is 6.06. The second-order valence-electron chi connectivity index (χ2n) is 5.55. The van der Waals surface area contributed by atoms with Crippen molar-refractivity contribution in [3.63, 3.8) is 0 Å². The zero-order valence-corrected chi connectivity index (χ0v) is 11.8. The van der Waals surface area contributed by atoms with Crippen LogP contribution in [0.3, 0.4) is 0 Å². The minimum Gasteiger partial charge on any atom is -0.397 e. The first-order valence-corrected chi connectivity index (χ1v) is 6.93. The number of carbonyl (C=O) groups is 1. The molecule has 2 rings (SSSR count). The number of hydrogen-bond acceptors (Lipinski definition) is 3. The molecule has 104 valence electrons. The van der Waals surface area contributed by atoms with Crippen LogP contribution in [0.4, 0.5) is 11.4 Å². The molecule has 0 saturated carbocycles. The number of carbonyl (C=O) groups excluding carboxylic acids is 1. The number of nitrogens with zero attached hydrogens (tertiary/aromatic N) is 1. The monoisotopic (exact) mass is 261 g/mol. The molecule has 1 amide bonds. The summed E-state index contributed by atoms with van der Waals surface area (Å²) in [5, 5.41) is 2.93. The van der Waals surface area contributed by atoms with E-state index in [1.807, 2.05) is 25.1 Å². The molecule has 1 aromatic rings. The molecule has 0 atom stereocenters. The molecule has 1 heterocycles. The van der Waals surface area contributed by atoms with Crippen molar-refractivity contribution in [2.24, 2.45) is 5.92 Å². The molecule has 1 saturated heterocycles. The highest BCUT2D eigenvalue weighted by atomic mass is 16.2. The summed E-state index contributed by atoms with van der Waals surface area (Å²) >= 11 is 0. The van der Waals surface area contributed by atoms with Crippen molar-refractivity contribution in [1.29, 1.82) is 0 Å². The van der Waals surface area contributed by atoms with E-state index in [1.165, 1.54) is 12.8 Å². The van der Waals surface area contributed by atoms with E-state index >= 15 is 0 Å². The van der Waals surface area contributed by atoms with Gasteiger partial charge in [-0.1, -0.05) is 19.1 Å².